The summed E-state index contributed by atoms with van der Waals surface area (Å²) in [5.41, 5.74) is 10.1. The largest absolute Gasteiger partial charge is 0.366 e. The third kappa shape index (κ3) is 3.22. The summed E-state index contributed by atoms with van der Waals surface area (Å²) in [6, 6.07) is 12.8. The lowest BCUT2D eigenvalue weighted by Crippen LogP contribution is -2.10. The van der Waals surface area contributed by atoms with Gasteiger partial charge in [-0.3, -0.25) is 14.8 Å². The van der Waals surface area contributed by atoms with E-state index in [2.05, 4.69) is 9.97 Å². The first kappa shape index (κ1) is 15.2. The number of halogens is 1. The van der Waals surface area contributed by atoms with Crippen molar-refractivity contribution < 1.29 is 4.79 Å². The zero-order valence-corrected chi connectivity index (χ0v) is 13.2. The van der Waals surface area contributed by atoms with Crippen LogP contribution in [0.1, 0.15) is 16.1 Å². The fourth-order valence-corrected chi connectivity index (χ4v) is 2.47. The van der Waals surface area contributed by atoms with Crippen molar-refractivity contribution in [3.63, 3.8) is 0 Å². The maximum absolute atomic E-state index is 11.2. The van der Waals surface area contributed by atoms with Crippen LogP contribution < -0.4 is 5.73 Å². The first-order valence-electron chi connectivity index (χ1n) is 7.03. The Morgan fingerprint density at radius 2 is 1.70 bits per heavy atom. The summed E-state index contributed by atoms with van der Waals surface area (Å²) >= 11 is 6.11. The molecule has 0 bridgehead atoms. The number of nitrogens with two attached hydrogens (primary N) is 1. The Balaban J connectivity index is 2.12. The fraction of sp³-hybridized carbons (Fsp3) is 0.0556. The average Bonchev–Trinajstić information content (AvgIpc) is 2.56. The molecule has 3 aromatic rings. The van der Waals surface area contributed by atoms with Gasteiger partial charge >= 0.3 is 0 Å². The number of amides is 1. The number of aromatic nitrogens is 2. The molecule has 3 rings (SSSR count). The molecule has 1 aromatic carbocycles. The van der Waals surface area contributed by atoms with Crippen LogP contribution >= 0.6 is 11.6 Å². The summed E-state index contributed by atoms with van der Waals surface area (Å²) in [5.74, 6) is -0.455. The number of benzene rings is 1. The summed E-state index contributed by atoms with van der Waals surface area (Å²) in [5, 5.41) is 0.544. The number of primary amides is 1. The smallest absolute Gasteiger partial charge is 0.248 e. The molecule has 0 saturated carbocycles. The summed E-state index contributed by atoms with van der Waals surface area (Å²) in [6.45, 7) is 1.93. The first-order chi connectivity index (χ1) is 11.0. The molecule has 0 fully saturated rings. The van der Waals surface area contributed by atoms with E-state index in [1.54, 1.807) is 24.5 Å². The van der Waals surface area contributed by atoms with Gasteiger partial charge in [0.05, 0.1) is 10.7 Å². The second-order valence-corrected chi connectivity index (χ2v) is 5.62. The predicted molar refractivity (Wildman–Crippen MR) is 91.2 cm³/mol. The van der Waals surface area contributed by atoms with E-state index in [1.807, 2.05) is 37.3 Å². The van der Waals surface area contributed by atoms with Gasteiger partial charge in [0.1, 0.15) is 0 Å². The molecule has 0 spiro atoms. The lowest BCUT2D eigenvalue weighted by Gasteiger charge is -2.10. The van der Waals surface area contributed by atoms with Gasteiger partial charge in [-0.15, -0.1) is 0 Å². The molecule has 0 aliphatic carbocycles. The molecule has 4 nitrogen and oxygen atoms in total. The van der Waals surface area contributed by atoms with Crippen LogP contribution in [0.2, 0.25) is 5.02 Å². The molecular formula is C18H14ClN3O. The SMILES string of the molecule is Cc1ccc(-c2ncc(Cl)cc2-c2ccc(C(N)=O)cc2)cn1. The molecular weight excluding hydrogens is 310 g/mol. The van der Waals surface area contributed by atoms with E-state index in [-0.39, 0.29) is 0 Å². The van der Waals surface area contributed by atoms with Crippen LogP contribution in [0.3, 0.4) is 0 Å². The topological polar surface area (TPSA) is 68.9 Å². The summed E-state index contributed by atoms with van der Waals surface area (Å²) in [4.78, 5) is 20.0. The minimum Gasteiger partial charge on any atom is -0.366 e. The van der Waals surface area contributed by atoms with Gasteiger partial charge in [0.2, 0.25) is 5.91 Å². The van der Waals surface area contributed by atoms with Gasteiger partial charge in [0.25, 0.3) is 0 Å². The molecule has 0 saturated heterocycles. The number of nitrogens with zero attached hydrogens (tertiary/aromatic N) is 2. The molecule has 0 aliphatic heterocycles. The monoisotopic (exact) mass is 323 g/mol. The van der Waals surface area contributed by atoms with E-state index < -0.39 is 5.91 Å². The van der Waals surface area contributed by atoms with E-state index in [4.69, 9.17) is 17.3 Å². The average molecular weight is 324 g/mol. The van der Waals surface area contributed by atoms with Crippen LogP contribution in [-0.4, -0.2) is 15.9 Å². The Bertz CT molecular complexity index is 858. The number of rotatable bonds is 3. The van der Waals surface area contributed by atoms with Crippen molar-refractivity contribution in [2.75, 3.05) is 0 Å². The molecule has 23 heavy (non-hydrogen) atoms. The van der Waals surface area contributed by atoms with E-state index >= 15 is 0 Å². The summed E-state index contributed by atoms with van der Waals surface area (Å²) < 4.78 is 0. The van der Waals surface area contributed by atoms with Crippen molar-refractivity contribution in [1.29, 1.82) is 0 Å². The van der Waals surface area contributed by atoms with Crippen LogP contribution in [0.5, 0.6) is 0 Å². The van der Waals surface area contributed by atoms with Crippen LogP contribution in [0.15, 0.2) is 54.9 Å². The lowest BCUT2D eigenvalue weighted by atomic mass is 9.99. The highest BCUT2D eigenvalue weighted by atomic mass is 35.5. The maximum Gasteiger partial charge on any atom is 0.248 e. The summed E-state index contributed by atoms with van der Waals surface area (Å²) in [6.07, 6.45) is 3.39. The van der Waals surface area contributed by atoms with Crippen LogP contribution in [0.4, 0.5) is 0 Å². The Morgan fingerprint density at radius 1 is 1.00 bits per heavy atom. The van der Waals surface area contributed by atoms with Crippen LogP contribution in [-0.2, 0) is 0 Å². The molecule has 0 unspecified atom stereocenters. The molecule has 2 aromatic heterocycles. The molecule has 0 atom stereocenters. The lowest BCUT2D eigenvalue weighted by molar-refractivity contribution is 0.100. The second-order valence-electron chi connectivity index (χ2n) is 5.18. The predicted octanol–water partition coefficient (Wildman–Crippen LogP) is 3.87. The number of aryl methyl sites for hydroxylation is 1. The van der Waals surface area contributed by atoms with Gasteiger partial charge in [0, 0.05) is 34.8 Å². The number of pyridine rings is 2. The van der Waals surface area contributed by atoms with Gasteiger partial charge < -0.3 is 5.73 Å². The van der Waals surface area contributed by atoms with E-state index in [9.17, 15) is 4.79 Å². The zero-order chi connectivity index (χ0) is 16.4. The third-order valence-corrected chi connectivity index (χ3v) is 3.73. The minimum absolute atomic E-state index is 0.455. The standard InChI is InChI=1S/C18H14ClN3O/c1-11-2-3-14(9-21-11)17-16(8-15(19)10-22-17)12-4-6-13(7-5-12)18(20)23/h2-10H,1H3,(H2,20,23). The van der Waals surface area contributed by atoms with Crippen LogP contribution in [0.25, 0.3) is 22.4 Å². The normalized spacial score (nSPS) is 10.5. The van der Waals surface area contributed by atoms with E-state index in [0.29, 0.717) is 10.6 Å². The quantitative estimate of drug-likeness (QED) is 0.795. The highest BCUT2D eigenvalue weighted by Gasteiger charge is 2.11. The van der Waals surface area contributed by atoms with Gasteiger partial charge in [-0.25, -0.2) is 0 Å². The van der Waals surface area contributed by atoms with E-state index in [1.165, 1.54) is 0 Å². The van der Waals surface area contributed by atoms with Gasteiger partial charge in [0.15, 0.2) is 0 Å². The molecule has 2 N–H and O–H groups in total. The van der Waals surface area contributed by atoms with Gasteiger partial charge in [-0.1, -0.05) is 23.7 Å². The number of carbonyl (C=O) groups is 1. The maximum atomic E-state index is 11.2. The van der Waals surface area contributed by atoms with Gasteiger partial charge in [-0.05, 0) is 42.8 Å². The van der Waals surface area contributed by atoms with Crippen LogP contribution in [0, 0.1) is 6.92 Å². The minimum atomic E-state index is -0.455. The van der Waals surface area contributed by atoms with Crippen molar-refractivity contribution >= 4 is 17.5 Å². The second kappa shape index (κ2) is 6.18. The zero-order valence-electron chi connectivity index (χ0n) is 12.5. The first-order valence-corrected chi connectivity index (χ1v) is 7.41. The van der Waals surface area contributed by atoms with Crippen molar-refractivity contribution in [3.8, 4) is 22.4 Å². The Morgan fingerprint density at radius 3 is 2.30 bits per heavy atom. The Kier molecular flexibility index (Phi) is 4.08. The molecule has 1 amide bonds. The third-order valence-electron chi connectivity index (χ3n) is 3.52. The fourth-order valence-electron chi connectivity index (χ4n) is 2.31. The molecule has 5 heteroatoms. The van der Waals surface area contributed by atoms with Crippen molar-refractivity contribution in [1.82, 2.24) is 9.97 Å². The molecule has 0 radical (unpaired) electrons. The number of hydrogen-bond acceptors (Lipinski definition) is 3. The highest BCUT2D eigenvalue weighted by Crippen LogP contribution is 2.32. The highest BCUT2D eigenvalue weighted by molar-refractivity contribution is 6.30. The summed E-state index contributed by atoms with van der Waals surface area (Å²) in [7, 11) is 0. The Labute approximate surface area is 139 Å². The number of carbonyl (C=O) groups excluding carboxylic acids is 1. The molecule has 2 heterocycles. The molecule has 114 valence electrons. The van der Waals surface area contributed by atoms with Crippen molar-refractivity contribution in [2.45, 2.75) is 6.92 Å². The molecule has 0 aliphatic rings. The Hall–Kier alpha value is -2.72. The van der Waals surface area contributed by atoms with E-state index in [0.717, 1.165) is 28.1 Å². The van der Waals surface area contributed by atoms with Crippen molar-refractivity contribution in [3.05, 3.63) is 71.1 Å². The van der Waals surface area contributed by atoms with Gasteiger partial charge in [-0.2, -0.15) is 0 Å². The number of hydrogen-bond donors (Lipinski definition) is 1. The van der Waals surface area contributed by atoms with Crippen molar-refractivity contribution in [2.24, 2.45) is 5.73 Å².